The predicted octanol–water partition coefficient (Wildman–Crippen LogP) is 6.15. The number of hydrogen-bond donors (Lipinski definition) is 0. The summed E-state index contributed by atoms with van der Waals surface area (Å²) in [5.74, 6) is 1.51. The van der Waals surface area contributed by atoms with Gasteiger partial charge in [0.15, 0.2) is 11.5 Å². The van der Waals surface area contributed by atoms with Crippen LogP contribution in [0.25, 0.3) is 10.9 Å². The van der Waals surface area contributed by atoms with Gasteiger partial charge in [0, 0.05) is 27.5 Å². The zero-order valence-corrected chi connectivity index (χ0v) is 21.4. The molecule has 0 unspecified atom stereocenters. The summed E-state index contributed by atoms with van der Waals surface area (Å²) in [7, 11) is 1.55. The summed E-state index contributed by atoms with van der Waals surface area (Å²) in [6.45, 7) is 4.30. The first-order valence-corrected chi connectivity index (χ1v) is 11.9. The number of rotatable bonds is 7. The third-order valence-electron chi connectivity index (χ3n) is 5.24. The molecule has 4 rings (SSSR count). The Morgan fingerprint density at radius 1 is 1.18 bits per heavy atom. The van der Waals surface area contributed by atoms with Crippen molar-refractivity contribution in [3.05, 3.63) is 97.0 Å². The van der Waals surface area contributed by atoms with E-state index in [0.29, 0.717) is 51.8 Å². The number of halogens is 2. The highest BCUT2D eigenvalue weighted by Crippen LogP contribution is 2.34. The van der Waals surface area contributed by atoms with Crippen molar-refractivity contribution >= 4 is 44.6 Å². The highest BCUT2D eigenvalue weighted by Gasteiger charge is 2.14. The van der Waals surface area contributed by atoms with Crippen LogP contribution in [0.2, 0.25) is 5.02 Å². The van der Waals surface area contributed by atoms with E-state index in [0.717, 1.165) is 15.6 Å². The van der Waals surface area contributed by atoms with E-state index < -0.39 is 0 Å². The van der Waals surface area contributed by atoms with Crippen LogP contribution in [0.1, 0.15) is 29.4 Å². The molecule has 0 saturated heterocycles. The van der Waals surface area contributed by atoms with Gasteiger partial charge in [-0.05, 0) is 36.8 Å². The first-order valence-electron chi connectivity index (χ1n) is 10.7. The van der Waals surface area contributed by atoms with Crippen LogP contribution < -0.4 is 15.0 Å². The van der Waals surface area contributed by atoms with Crippen LogP contribution in [0.15, 0.2) is 69.0 Å². The molecule has 0 bridgehead atoms. The molecule has 34 heavy (non-hydrogen) atoms. The molecule has 1 heterocycles. The second kappa shape index (κ2) is 10.4. The Hall–Kier alpha value is -3.16. The Bertz CT molecular complexity index is 1450. The highest BCUT2D eigenvalue weighted by atomic mass is 79.9. The lowest BCUT2D eigenvalue weighted by Gasteiger charge is -2.14. The number of nitrogens with zero attached hydrogens (tertiary/aromatic N) is 3. The molecule has 8 heteroatoms. The lowest BCUT2D eigenvalue weighted by Crippen LogP contribution is -2.22. The smallest absolute Gasteiger partial charge is 0.282 e. The van der Waals surface area contributed by atoms with E-state index in [1.165, 1.54) is 4.68 Å². The van der Waals surface area contributed by atoms with Crippen molar-refractivity contribution in [2.45, 2.75) is 26.9 Å². The van der Waals surface area contributed by atoms with Gasteiger partial charge in [0.1, 0.15) is 12.4 Å². The summed E-state index contributed by atoms with van der Waals surface area (Å²) in [4.78, 5) is 17.8. The topological polar surface area (TPSA) is 65.7 Å². The van der Waals surface area contributed by atoms with Gasteiger partial charge >= 0.3 is 0 Å². The van der Waals surface area contributed by atoms with Crippen LogP contribution in [-0.4, -0.2) is 23.0 Å². The molecule has 0 aliphatic carbocycles. The summed E-state index contributed by atoms with van der Waals surface area (Å²) in [5.41, 5.74) is 3.13. The second-order valence-corrected chi connectivity index (χ2v) is 9.06. The first kappa shape index (κ1) is 24.0. The number of aromatic nitrogens is 2. The maximum Gasteiger partial charge on any atom is 0.282 e. The number of ether oxygens (including phenoxy) is 2. The van der Waals surface area contributed by atoms with Gasteiger partial charge in [-0.1, -0.05) is 64.3 Å². The van der Waals surface area contributed by atoms with Crippen LogP contribution in [0.4, 0.5) is 0 Å². The number of benzene rings is 3. The molecular weight excluding hydrogens is 518 g/mol. The molecular formula is C26H23BrClN3O3. The van der Waals surface area contributed by atoms with Crippen LogP contribution in [0, 0.1) is 6.92 Å². The molecule has 0 saturated carbocycles. The largest absolute Gasteiger partial charge is 0.493 e. The minimum absolute atomic E-state index is 0.254. The monoisotopic (exact) mass is 539 g/mol. The van der Waals surface area contributed by atoms with Crippen LogP contribution in [-0.2, 0) is 13.0 Å². The van der Waals surface area contributed by atoms with Gasteiger partial charge in [0.05, 0.1) is 24.2 Å². The zero-order chi connectivity index (χ0) is 24.2. The molecule has 3 aromatic carbocycles. The molecule has 174 valence electrons. The van der Waals surface area contributed by atoms with Gasteiger partial charge in [-0.3, -0.25) is 4.79 Å². The van der Waals surface area contributed by atoms with E-state index >= 15 is 0 Å². The fourth-order valence-electron chi connectivity index (χ4n) is 3.61. The van der Waals surface area contributed by atoms with Crippen LogP contribution in [0.3, 0.4) is 0 Å². The molecule has 1 aromatic heterocycles. The molecule has 4 aromatic rings. The lowest BCUT2D eigenvalue weighted by atomic mass is 10.1. The van der Waals surface area contributed by atoms with Crippen LogP contribution in [0.5, 0.6) is 11.5 Å². The Labute approximate surface area is 210 Å². The summed E-state index contributed by atoms with van der Waals surface area (Å²) >= 11 is 9.74. The number of hydrogen-bond acceptors (Lipinski definition) is 5. The summed E-state index contributed by atoms with van der Waals surface area (Å²) in [5, 5.41) is 5.42. The SMILES string of the molecule is CCc1nc2ccc(Br)cc2c(=O)n1N=Cc1cc(Cl)cc(OC)c1OCc1cccc(C)c1. The fourth-order valence-corrected chi connectivity index (χ4v) is 4.19. The van der Waals surface area contributed by atoms with E-state index in [-0.39, 0.29) is 5.56 Å². The molecule has 0 amide bonds. The maximum absolute atomic E-state index is 13.2. The molecule has 6 nitrogen and oxygen atoms in total. The third-order valence-corrected chi connectivity index (χ3v) is 5.95. The Balaban J connectivity index is 1.77. The second-order valence-electron chi connectivity index (χ2n) is 7.71. The van der Waals surface area contributed by atoms with Crippen molar-refractivity contribution in [3.8, 4) is 11.5 Å². The maximum atomic E-state index is 13.2. The molecule has 0 aliphatic heterocycles. The molecule has 0 radical (unpaired) electrons. The van der Waals surface area contributed by atoms with Crippen molar-refractivity contribution in [3.63, 3.8) is 0 Å². The summed E-state index contributed by atoms with van der Waals surface area (Å²) in [6.07, 6.45) is 2.08. The number of methoxy groups -OCH3 is 1. The van der Waals surface area contributed by atoms with Crippen molar-refractivity contribution in [2.24, 2.45) is 5.10 Å². The predicted molar refractivity (Wildman–Crippen MR) is 140 cm³/mol. The van der Waals surface area contributed by atoms with E-state index in [1.54, 1.807) is 31.5 Å². The highest BCUT2D eigenvalue weighted by molar-refractivity contribution is 9.10. The van der Waals surface area contributed by atoms with Gasteiger partial charge in [-0.2, -0.15) is 9.78 Å². The first-order chi connectivity index (χ1) is 16.4. The number of aryl methyl sites for hydroxylation is 2. The van der Waals surface area contributed by atoms with Gasteiger partial charge in [0.2, 0.25) is 0 Å². The molecule has 0 fully saturated rings. The Morgan fingerprint density at radius 3 is 2.74 bits per heavy atom. The quantitative estimate of drug-likeness (QED) is 0.264. The molecule has 0 N–H and O–H groups in total. The van der Waals surface area contributed by atoms with E-state index in [9.17, 15) is 4.79 Å². The van der Waals surface area contributed by atoms with Crippen molar-refractivity contribution in [2.75, 3.05) is 7.11 Å². The Morgan fingerprint density at radius 2 is 2.00 bits per heavy atom. The molecule has 0 aliphatic rings. The normalized spacial score (nSPS) is 11.3. The van der Waals surface area contributed by atoms with E-state index in [4.69, 9.17) is 21.1 Å². The minimum Gasteiger partial charge on any atom is -0.493 e. The van der Waals surface area contributed by atoms with Gasteiger partial charge in [-0.15, -0.1) is 0 Å². The van der Waals surface area contributed by atoms with Crippen molar-refractivity contribution in [1.82, 2.24) is 9.66 Å². The van der Waals surface area contributed by atoms with Gasteiger partial charge < -0.3 is 9.47 Å². The number of fused-ring (bicyclic) bond motifs is 1. The fraction of sp³-hybridized carbons (Fsp3) is 0.192. The van der Waals surface area contributed by atoms with E-state index in [2.05, 4.69) is 32.1 Å². The molecule has 0 atom stereocenters. The lowest BCUT2D eigenvalue weighted by molar-refractivity contribution is 0.284. The van der Waals surface area contributed by atoms with Crippen LogP contribution >= 0.6 is 27.5 Å². The minimum atomic E-state index is -0.254. The molecule has 0 spiro atoms. The van der Waals surface area contributed by atoms with E-state index in [1.807, 2.05) is 44.2 Å². The Kier molecular flexibility index (Phi) is 7.34. The van der Waals surface area contributed by atoms with Crippen molar-refractivity contribution < 1.29 is 9.47 Å². The van der Waals surface area contributed by atoms with Gasteiger partial charge in [0.25, 0.3) is 5.56 Å². The van der Waals surface area contributed by atoms with Crippen molar-refractivity contribution in [1.29, 1.82) is 0 Å². The summed E-state index contributed by atoms with van der Waals surface area (Å²) < 4.78 is 13.8. The average Bonchev–Trinajstić information content (AvgIpc) is 2.82. The zero-order valence-electron chi connectivity index (χ0n) is 19.0. The standard InChI is InChI=1S/C26H23BrClN3O3/c1-4-24-30-22-9-8-19(27)12-21(22)26(32)31(24)29-14-18-11-20(28)13-23(33-3)25(18)34-15-17-7-5-6-16(2)10-17/h5-14H,4,15H2,1-3H3. The third kappa shape index (κ3) is 5.16. The van der Waals surface area contributed by atoms with Gasteiger partial charge in [-0.25, -0.2) is 4.98 Å². The summed E-state index contributed by atoms with van der Waals surface area (Å²) in [6, 6.07) is 16.9. The average molecular weight is 541 g/mol.